The molecule has 0 radical (unpaired) electrons. The zero-order chi connectivity index (χ0) is 27.5. The third-order valence-electron chi connectivity index (χ3n) is 7.11. The van der Waals surface area contributed by atoms with Gasteiger partial charge < -0.3 is 14.2 Å². The van der Waals surface area contributed by atoms with Crippen molar-refractivity contribution in [3.63, 3.8) is 0 Å². The summed E-state index contributed by atoms with van der Waals surface area (Å²) < 4.78 is 18.8. The number of nitrogens with zero attached hydrogens (tertiary/aromatic N) is 2. The lowest BCUT2D eigenvalue weighted by molar-refractivity contribution is -0.0190. The van der Waals surface area contributed by atoms with Crippen molar-refractivity contribution in [2.45, 2.75) is 38.5 Å². The molecule has 2 atom stereocenters. The van der Waals surface area contributed by atoms with Crippen LogP contribution in [0.4, 0.5) is 0 Å². The fourth-order valence-electron chi connectivity index (χ4n) is 4.96. The van der Waals surface area contributed by atoms with Crippen molar-refractivity contribution in [1.82, 2.24) is 5.01 Å². The second kappa shape index (κ2) is 11.6. The maximum atomic E-state index is 12.6. The lowest BCUT2D eigenvalue weighted by Crippen LogP contribution is -2.33. The van der Waals surface area contributed by atoms with Crippen molar-refractivity contribution in [2.24, 2.45) is 5.10 Å². The Labute approximate surface area is 242 Å². The van der Waals surface area contributed by atoms with E-state index in [4.69, 9.17) is 19.3 Å². The molecule has 0 bridgehead atoms. The molecule has 0 unspecified atom stereocenters. The molecule has 0 aromatic heterocycles. The summed E-state index contributed by atoms with van der Waals surface area (Å²) in [6.07, 6.45) is 2.51. The second-order valence-electron chi connectivity index (χ2n) is 9.85. The second-order valence-corrected chi connectivity index (χ2v) is 10.8. The SMILES string of the molecule is CCCCOc1ccc(C2=NN3[C@H](C2)c2ccccc2O[C@@H]3c2ccc(OC(=O)c3ccc(Br)cc3)cc2)cc1. The van der Waals surface area contributed by atoms with Crippen LogP contribution in [0, 0.1) is 0 Å². The van der Waals surface area contributed by atoms with Crippen LogP contribution in [0.15, 0.2) is 107 Å². The summed E-state index contributed by atoms with van der Waals surface area (Å²) in [4.78, 5) is 12.6. The number of halogens is 1. The lowest BCUT2D eigenvalue weighted by atomic mass is 9.96. The molecule has 4 aromatic carbocycles. The van der Waals surface area contributed by atoms with E-state index in [0.717, 1.165) is 64.2 Å². The van der Waals surface area contributed by atoms with Crippen molar-refractivity contribution in [2.75, 3.05) is 6.61 Å². The number of carbonyl (C=O) groups excluding carboxylic acids is 1. The van der Waals surface area contributed by atoms with Crippen LogP contribution >= 0.6 is 15.9 Å². The van der Waals surface area contributed by atoms with Crippen LogP contribution in [0.3, 0.4) is 0 Å². The van der Waals surface area contributed by atoms with Gasteiger partial charge in [-0.15, -0.1) is 0 Å². The molecular weight excluding hydrogens is 568 g/mol. The number of hydrogen-bond acceptors (Lipinski definition) is 6. The van der Waals surface area contributed by atoms with Gasteiger partial charge in [0.05, 0.1) is 23.9 Å². The highest BCUT2D eigenvalue weighted by molar-refractivity contribution is 9.10. The fraction of sp³-hybridized carbons (Fsp3) is 0.212. The van der Waals surface area contributed by atoms with Gasteiger partial charge in [-0.2, -0.15) is 5.10 Å². The molecule has 0 aliphatic carbocycles. The minimum atomic E-state index is -0.412. The number of rotatable bonds is 8. The Hall–Kier alpha value is -4.10. The standard InChI is InChI=1S/C33H29BrN2O4/c1-2-3-20-38-26-16-10-22(11-17-26)29-21-30-28-6-4-5-7-31(28)40-32(36(30)35-29)23-12-18-27(19-13-23)39-33(37)24-8-14-25(34)15-9-24/h4-19,30,32H,2-3,20-21H2,1H3/t30-,32-/m1/s1. The number of hydrazone groups is 1. The summed E-state index contributed by atoms with van der Waals surface area (Å²) in [5.41, 5.74) is 4.62. The predicted molar refractivity (Wildman–Crippen MR) is 158 cm³/mol. The first-order chi connectivity index (χ1) is 19.6. The summed E-state index contributed by atoms with van der Waals surface area (Å²) in [5, 5.41) is 7.10. The van der Waals surface area contributed by atoms with Gasteiger partial charge >= 0.3 is 5.97 Å². The Morgan fingerprint density at radius 1 is 0.950 bits per heavy atom. The number of benzene rings is 4. The Kier molecular flexibility index (Phi) is 7.55. The molecule has 7 heteroatoms. The minimum Gasteiger partial charge on any atom is -0.494 e. The number of fused-ring (bicyclic) bond motifs is 3. The van der Waals surface area contributed by atoms with Crippen LogP contribution < -0.4 is 14.2 Å². The van der Waals surface area contributed by atoms with E-state index >= 15 is 0 Å². The first-order valence-electron chi connectivity index (χ1n) is 13.5. The minimum absolute atomic E-state index is 0.0559. The normalized spacial score (nSPS) is 17.4. The number of esters is 1. The average Bonchev–Trinajstić information content (AvgIpc) is 3.44. The monoisotopic (exact) mass is 596 g/mol. The molecule has 0 N–H and O–H groups in total. The molecular formula is C33H29BrN2O4. The zero-order valence-electron chi connectivity index (χ0n) is 22.1. The maximum Gasteiger partial charge on any atom is 0.343 e. The Balaban J connectivity index is 1.23. The molecule has 2 aliphatic heterocycles. The maximum absolute atomic E-state index is 12.6. The van der Waals surface area contributed by atoms with E-state index in [0.29, 0.717) is 11.3 Å². The van der Waals surface area contributed by atoms with Crippen LogP contribution in [0.25, 0.3) is 0 Å². The third kappa shape index (κ3) is 5.47. The molecule has 6 nitrogen and oxygen atoms in total. The van der Waals surface area contributed by atoms with Crippen LogP contribution in [-0.2, 0) is 0 Å². The molecule has 202 valence electrons. The molecule has 40 heavy (non-hydrogen) atoms. The van der Waals surface area contributed by atoms with E-state index in [1.54, 1.807) is 24.3 Å². The van der Waals surface area contributed by atoms with Crippen molar-refractivity contribution >= 4 is 27.6 Å². The molecule has 0 saturated heterocycles. The summed E-state index contributed by atoms with van der Waals surface area (Å²) >= 11 is 3.38. The quantitative estimate of drug-likeness (QED) is 0.117. The van der Waals surface area contributed by atoms with Gasteiger partial charge in [0.15, 0.2) is 0 Å². The highest BCUT2D eigenvalue weighted by Crippen LogP contribution is 2.47. The first kappa shape index (κ1) is 26.1. The smallest absolute Gasteiger partial charge is 0.343 e. The van der Waals surface area contributed by atoms with Crippen molar-refractivity contribution < 1.29 is 19.0 Å². The van der Waals surface area contributed by atoms with E-state index in [1.807, 2.05) is 59.6 Å². The number of para-hydroxylation sites is 1. The van der Waals surface area contributed by atoms with E-state index in [9.17, 15) is 4.79 Å². The Morgan fingerprint density at radius 3 is 2.42 bits per heavy atom. The van der Waals surface area contributed by atoms with Crippen molar-refractivity contribution in [3.05, 3.63) is 124 Å². The molecule has 2 aliphatic rings. The molecule has 6 rings (SSSR count). The molecule has 2 heterocycles. The molecule has 0 amide bonds. The summed E-state index contributed by atoms with van der Waals surface area (Å²) in [7, 11) is 0. The highest BCUT2D eigenvalue weighted by atomic mass is 79.9. The Morgan fingerprint density at radius 2 is 1.68 bits per heavy atom. The summed E-state index contributed by atoms with van der Waals surface area (Å²) in [6, 6.07) is 30.9. The van der Waals surface area contributed by atoms with Gasteiger partial charge in [-0.25, -0.2) is 9.80 Å². The number of ether oxygens (including phenoxy) is 3. The van der Waals surface area contributed by atoms with Gasteiger partial charge in [0.1, 0.15) is 17.2 Å². The number of hydrogen-bond donors (Lipinski definition) is 0. The van der Waals surface area contributed by atoms with Crippen molar-refractivity contribution in [3.8, 4) is 17.2 Å². The molecule has 0 saturated carbocycles. The van der Waals surface area contributed by atoms with Gasteiger partial charge in [-0.1, -0.05) is 47.5 Å². The summed E-state index contributed by atoms with van der Waals surface area (Å²) in [5.74, 6) is 1.80. The van der Waals surface area contributed by atoms with E-state index in [1.165, 1.54) is 0 Å². The van der Waals surface area contributed by atoms with Crippen LogP contribution in [0.1, 0.15) is 65.5 Å². The largest absolute Gasteiger partial charge is 0.494 e. The van der Waals surface area contributed by atoms with Gasteiger partial charge in [-0.3, -0.25) is 0 Å². The number of unbranched alkanes of at least 4 members (excludes halogenated alkanes) is 1. The topological polar surface area (TPSA) is 60.4 Å². The zero-order valence-corrected chi connectivity index (χ0v) is 23.7. The van der Waals surface area contributed by atoms with Gasteiger partial charge in [0.25, 0.3) is 0 Å². The highest BCUT2D eigenvalue weighted by Gasteiger charge is 2.40. The van der Waals surface area contributed by atoms with Gasteiger partial charge in [-0.05, 0) is 90.8 Å². The molecule has 0 spiro atoms. The molecule has 0 fully saturated rings. The van der Waals surface area contributed by atoms with E-state index < -0.39 is 12.2 Å². The lowest BCUT2D eigenvalue weighted by Gasteiger charge is -2.38. The van der Waals surface area contributed by atoms with Crippen molar-refractivity contribution in [1.29, 1.82) is 0 Å². The fourth-order valence-corrected chi connectivity index (χ4v) is 5.22. The predicted octanol–water partition coefficient (Wildman–Crippen LogP) is 8.09. The van der Waals surface area contributed by atoms with Crippen LogP contribution in [-0.4, -0.2) is 23.3 Å². The van der Waals surface area contributed by atoms with Gasteiger partial charge in [0, 0.05) is 22.0 Å². The van der Waals surface area contributed by atoms with Crippen LogP contribution in [0.5, 0.6) is 17.2 Å². The molecule has 4 aromatic rings. The van der Waals surface area contributed by atoms with Crippen LogP contribution in [0.2, 0.25) is 0 Å². The average molecular weight is 598 g/mol. The number of carbonyl (C=O) groups is 1. The van der Waals surface area contributed by atoms with E-state index in [2.05, 4.69) is 41.1 Å². The first-order valence-corrected chi connectivity index (χ1v) is 14.3. The van der Waals surface area contributed by atoms with E-state index in [-0.39, 0.29) is 6.04 Å². The van der Waals surface area contributed by atoms with Gasteiger partial charge in [0.2, 0.25) is 6.23 Å². The third-order valence-corrected chi connectivity index (χ3v) is 7.64. The summed E-state index contributed by atoms with van der Waals surface area (Å²) in [6.45, 7) is 2.88. The Bertz CT molecular complexity index is 1520.